The van der Waals surface area contributed by atoms with Gasteiger partial charge in [0.2, 0.25) is 0 Å². The predicted octanol–water partition coefficient (Wildman–Crippen LogP) is 3.41. The lowest BCUT2D eigenvalue weighted by Gasteiger charge is -2.02. The third-order valence-electron chi connectivity index (χ3n) is 3.00. The zero-order valence-electron chi connectivity index (χ0n) is 11.8. The number of benzene rings is 1. The number of aliphatic carboxylic acids is 1. The van der Waals surface area contributed by atoms with Crippen LogP contribution in [0.1, 0.15) is 34.3 Å². The fraction of sp³-hybridized carbons (Fsp3) is 0.267. The van der Waals surface area contributed by atoms with Gasteiger partial charge in [-0.1, -0.05) is 0 Å². The van der Waals surface area contributed by atoms with Crippen molar-refractivity contribution < 1.29 is 14.7 Å². The monoisotopic (exact) mass is 304 g/mol. The van der Waals surface area contributed by atoms with Crippen LogP contribution in [-0.2, 0) is 11.2 Å². The first-order valence-corrected chi connectivity index (χ1v) is 7.33. The molecule has 2 N–H and O–H groups in total. The highest BCUT2D eigenvalue weighted by Gasteiger charge is 2.09. The number of hydrogen-bond acceptors (Lipinski definition) is 5. The maximum Gasteiger partial charge on any atom is 0.303 e. The molecule has 0 radical (unpaired) electrons. The minimum Gasteiger partial charge on any atom is -0.481 e. The van der Waals surface area contributed by atoms with Crippen molar-refractivity contribution in [1.29, 1.82) is 0 Å². The van der Waals surface area contributed by atoms with Crippen molar-refractivity contribution in [3.8, 4) is 0 Å². The van der Waals surface area contributed by atoms with Gasteiger partial charge in [0.1, 0.15) is 0 Å². The number of rotatable bonds is 6. The van der Waals surface area contributed by atoms with E-state index >= 15 is 0 Å². The summed E-state index contributed by atoms with van der Waals surface area (Å²) in [6, 6.07) is 7.17. The first kappa shape index (κ1) is 15.2. The van der Waals surface area contributed by atoms with Crippen LogP contribution < -0.4 is 5.32 Å². The van der Waals surface area contributed by atoms with Gasteiger partial charge in [-0.2, -0.15) is 0 Å². The van der Waals surface area contributed by atoms with E-state index in [4.69, 9.17) is 5.11 Å². The van der Waals surface area contributed by atoms with Gasteiger partial charge in [0, 0.05) is 16.1 Å². The molecule has 0 amide bonds. The Morgan fingerprint density at radius 1 is 1.29 bits per heavy atom. The number of aromatic nitrogens is 1. The van der Waals surface area contributed by atoms with E-state index in [9.17, 15) is 9.59 Å². The van der Waals surface area contributed by atoms with E-state index in [1.807, 2.05) is 19.1 Å². The molecule has 0 unspecified atom stereocenters. The Labute approximate surface area is 126 Å². The molecule has 0 spiro atoms. The fourth-order valence-electron chi connectivity index (χ4n) is 1.85. The molecule has 0 atom stereocenters. The average molecular weight is 304 g/mol. The highest BCUT2D eigenvalue weighted by atomic mass is 32.1. The number of anilines is 2. The van der Waals surface area contributed by atoms with Gasteiger partial charge in [-0.3, -0.25) is 9.59 Å². The first-order valence-electron chi connectivity index (χ1n) is 6.52. The van der Waals surface area contributed by atoms with Crippen LogP contribution in [0.5, 0.6) is 0 Å². The van der Waals surface area contributed by atoms with Crippen LogP contribution in [0.4, 0.5) is 10.8 Å². The van der Waals surface area contributed by atoms with Gasteiger partial charge in [-0.05, 0) is 44.5 Å². The van der Waals surface area contributed by atoms with Crippen molar-refractivity contribution in [3.63, 3.8) is 0 Å². The molecule has 1 heterocycles. The Morgan fingerprint density at radius 2 is 1.95 bits per heavy atom. The van der Waals surface area contributed by atoms with Gasteiger partial charge in [0.05, 0.1) is 12.1 Å². The second kappa shape index (κ2) is 6.49. The van der Waals surface area contributed by atoms with Gasteiger partial charge < -0.3 is 10.4 Å². The van der Waals surface area contributed by atoms with Crippen molar-refractivity contribution in [3.05, 3.63) is 40.4 Å². The second-order valence-corrected chi connectivity index (χ2v) is 5.76. The fourth-order valence-corrected chi connectivity index (χ4v) is 2.83. The number of carboxylic acids is 1. The van der Waals surface area contributed by atoms with E-state index in [2.05, 4.69) is 10.3 Å². The largest absolute Gasteiger partial charge is 0.481 e. The van der Waals surface area contributed by atoms with Crippen LogP contribution in [0.15, 0.2) is 24.3 Å². The number of hydrogen-bond donors (Lipinski definition) is 2. The number of nitrogens with one attached hydrogen (secondary N) is 1. The zero-order valence-corrected chi connectivity index (χ0v) is 12.7. The van der Waals surface area contributed by atoms with E-state index < -0.39 is 5.97 Å². The second-order valence-electron chi connectivity index (χ2n) is 4.68. The molecular weight excluding hydrogens is 288 g/mol. The standard InChI is InChI=1S/C15H16N2O3S/c1-9-13(7-8-14(19)20)21-15(16-9)17-12-5-3-11(4-6-12)10(2)18/h3-6H,7-8H2,1-2H3,(H,16,17)(H,19,20). The maximum atomic E-state index is 11.2. The number of carboxylic acid groups (broad SMARTS) is 1. The summed E-state index contributed by atoms with van der Waals surface area (Å²) in [4.78, 5) is 27.2. The SMILES string of the molecule is CC(=O)c1ccc(Nc2nc(C)c(CCC(=O)O)s2)cc1. The zero-order chi connectivity index (χ0) is 15.4. The molecule has 110 valence electrons. The molecule has 0 fully saturated rings. The number of carbonyl (C=O) groups is 2. The van der Waals surface area contributed by atoms with Crippen LogP contribution in [0.25, 0.3) is 0 Å². The Kier molecular flexibility index (Phi) is 4.70. The van der Waals surface area contributed by atoms with Crippen molar-refractivity contribution in [2.45, 2.75) is 26.7 Å². The summed E-state index contributed by atoms with van der Waals surface area (Å²) in [5, 5.41) is 12.6. The molecular formula is C15H16N2O3S. The predicted molar refractivity (Wildman–Crippen MR) is 82.5 cm³/mol. The number of aryl methyl sites for hydroxylation is 2. The van der Waals surface area contributed by atoms with Crippen LogP contribution in [0.2, 0.25) is 0 Å². The van der Waals surface area contributed by atoms with Crippen LogP contribution >= 0.6 is 11.3 Å². The smallest absolute Gasteiger partial charge is 0.303 e. The molecule has 0 saturated carbocycles. The Bertz CT molecular complexity index is 662. The molecule has 2 aromatic rings. The molecule has 5 nitrogen and oxygen atoms in total. The van der Waals surface area contributed by atoms with Gasteiger partial charge in [0.25, 0.3) is 0 Å². The lowest BCUT2D eigenvalue weighted by Crippen LogP contribution is -1.96. The van der Waals surface area contributed by atoms with Crippen molar-refractivity contribution in [2.75, 3.05) is 5.32 Å². The van der Waals surface area contributed by atoms with Crippen LogP contribution in [-0.4, -0.2) is 21.8 Å². The van der Waals surface area contributed by atoms with Gasteiger partial charge in [0.15, 0.2) is 10.9 Å². The highest BCUT2D eigenvalue weighted by molar-refractivity contribution is 7.15. The topological polar surface area (TPSA) is 79.3 Å². The molecule has 0 aliphatic heterocycles. The van der Waals surface area contributed by atoms with E-state index in [0.29, 0.717) is 12.0 Å². The third-order valence-corrected chi connectivity index (χ3v) is 4.13. The molecule has 21 heavy (non-hydrogen) atoms. The average Bonchev–Trinajstić information content (AvgIpc) is 2.77. The summed E-state index contributed by atoms with van der Waals surface area (Å²) < 4.78 is 0. The summed E-state index contributed by atoms with van der Waals surface area (Å²) in [6.45, 7) is 3.40. The van der Waals surface area contributed by atoms with Gasteiger partial charge >= 0.3 is 5.97 Å². The third kappa shape index (κ3) is 4.13. The Morgan fingerprint density at radius 3 is 2.52 bits per heavy atom. The minimum absolute atomic E-state index is 0.0302. The van der Waals surface area contributed by atoms with E-state index in [-0.39, 0.29) is 12.2 Å². The normalized spacial score (nSPS) is 10.4. The molecule has 1 aromatic heterocycles. The van der Waals surface area contributed by atoms with E-state index in [1.165, 1.54) is 18.3 Å². The van der Waals surface area contributed by atoms with Crippen molar-refractivity contribution in [1.82, 2.24) is 4.98 Å². The molecule has 0 aliphatic carbocycles. The van der Waals surface area contributed by atoms with E-state index in [0.717, 1.165) is 21.4 Å². The number of nitrogens with zero attached hydrogens (tertiary/aromatic N) is 1. The number of Topliss-reactive ketones (excluding diaryl/α,β-unsaturated/α-hetero) is 1. The number of carbonyl (C=O) groups excluding carboxylic acids is 1. The van der Waals surface area contributed by atoms with Crippen LogP contribution in [0, 0.1) is 6.92 Å². The molecule has 0 bridgehead atoms. The molecule has 6 heteroatoms. The highest BCUT2D eigenvalue weighted by Crippen LogP contribution is 2.26. The minimum atomic E-state index is -0.808. The quantitative estimate of drug-likeness (QED) is 0.799. The molecule has 0 saturated heterocycles. The van der Waals surface area contributed by atoms with Gasteiger partial charge in [-0.15, -0.1) is 11.3 Å². The maximum absolute atomic E-state index is 11.2. The molecule has 1 aromatic carbocycles. The molecule has 0 aliphatic rings. The summed E-state index contributed by atoms with van der Waals surface area (Å²) >= 11 is 1.45. The summed E-state index contributed by atoms with van der Waals surface area (Å²) in [7, 11) is 0. The summed E-state index contributed by atoms with van der Waals surface area (Å²) in [5.74, 6) is -0.778. The number of ketones is 1. The number of thiazole rings is 1. The lowest BCUT2D eigenvalue weighted by atomic mass is 10.1. The van der Waals surface area contributed by atoms with Crippen molar-refractivity contribution in [2.24, 2.45) is 0 Å². The van der Waals surface area contributed by atoms with Crippen LogP contribution in [0.3, 0.4) is 0 Å². The van der Waals surface area contributed by atoms with Gasteiger partial charge in [-0.25, -0.2) is 4.98 Å². The first-order chi connectivity index (χ1) is 9.95. The van der Waals surface area contributed by atoms with Crippen molar-refractivity contribution >= 4 is 33.9 Å². The summed E-state index contributed by atoms with van der Waals surface area (Å²) in [5.41, 5.74) is 2.36. The molecule has 2 rings (SSSR count). The Hall–Kier alpha value is -2.21. The summed E-state index contributed by atoms with van der Waals surface area (Å²) in [6.07, 6.45) is 0.597. The Balaban J connectivity index is 2.07. The lowest BCUT2D eigenvalue weighted by molar-refractivity contribution is -0.136. The van der Waals surface area contributed by atoms with E-state index in [1.54, 1.807) is 12.1 Å².